The van der Waals surface area contributed by atoms with Crippen LogP contribution in [-0.2, 0) is 16.2 Å². The van der Waals surface area contributed by atoms with E-state index in [9.17, 15) is 14.4 Å². The smallest absolute Gasteiger partial charge is 0.335 e. The molecule has 34 heavy (non-hydrogen) atoms. The zero-order valence-electron chi connectivity index (χ0n) is 17.2. The van der Waals surface area contributed by atoms with Gasteiger partial charge in [-0.05, 0) is 54.6 Å². The highest BCUT2D eigenvalue weighted by Crippen LogP contribution is 2.30. The number of urea groups is 1. The van der Waals surface area contributed by atoms with Crippen molar-refractivity contribution in [3.05, 3.63) is 96.9 Å². The summed E-state index contributed by atoms with van der Waals surface area (Å²) in [6.45, 7) is 0.126. The minimum atomic E-state index is -0.863. The fourth-order valence-electron chi connectivity index (χ4n) is 3.22. The second-order valence-electron chi connectivity index (χ2n) is 7.14. The lowest BCUT2D eigenvalue weighted by Crippen LogP contribution is -2.54. The highest BCUT2D eigenvalue weighted by Gasteiger charge is 2.37. The van der Waals surface area contributed by atoms with Crippen molar-refractivity contribution in [3.63, 3.8) is 0 Å². The maximum Gasteiger partial charge on any atom is 0.335 e. The van der Waals surface area contributed by atoms with Crippen LogP contribution in [-0.4, -0.2) is 17.8 Å². The third kappa shape index (κ3) is 5.28. The van der Waals surface area contributed by atoms with Gasteiger partial charge in [0.25, 0.3) is 11.8 Å². The minimum Gasteiger partial charge on any atom is -0.488 e. The molecule has 10 heteroatoms. The minimum absolute atomic E-state index is 0.126. The normalized spacial score (nSPS) is 15.0. The van der Waals surface area contributed by atoms with E-state index in [1.54, 1.807) is 54.6 Å². The number of nitrogens with one attached hydrogen (secondary N) is 1. The fraction of sp³-hybridized carbons (Fsp3) is 0.0417. The molecule has 0 bridgehead atoms. The summed E-state index contributed by atoms with van der Waals surface area (Å²) in [5.41, 5.74) is 1.14. The number of hydrogen-bond donors (Lipinski definition) is 1. The second kappa shape index (κ2) is 10.2. The lowest BCUT2D eigenvalue weighted by Gasteiger charge is -2.26. The van der Waals surface area contributed by atoms with Crippen molar-refractivity contribution < 1.29 is 19.1 Å². The quantitative estimate of drug-likeness (QED) is 0.271. The summed E-state index contributed by atoms with van der Waals surface area (Å²) in [6.07, 6.45) is 1.37. The zero-order chi connectivity index (χ0) is 24.4. The molecule has 0 aromatic heterocycles. The first kappa shape index (κ1) is 24.3. The number of carbonyl (C=O) groups excluding carboxylic acids is 3. The zero-order valence-corrected chi connectivity index (χ0v) is 21.0. The number of anilines is 1. The number of benzene rings is 3. The summed E-state index contributed by atoms with van der Waals surface area (Å²) < 4.78 is 6.62. The van der Waals surface area contributed by atoms with Gasteiger partial charge in [-0.15, -0.1) is 0 Å². The Hall–Kier alpha value is -2.84. The van der Waals surface area contributed by atoms with Crippen molar-refractivity contribution in [2.75, 3.05) is 4.90 Å². The summed E-state index contributed by atoms with van der Waals surface area (Å²) in [5.74, 6) is -1.21. The van der Waals surface area contributed by atoms with Gasteiger partial charge in [-0.1, -0.05) is 62.9 Å². The fourth-order valence-corrected chi connectivity index (χ4v) is 4.25. The summed E-state index contributed by atoms with van der Waals surface area (Å²) in [6, 6.07) is 15.5. The van der Waals surface area contributed by atoms with Gasteiger partial charge in [0.05, 0.1) is 5.69 Å². The van der Waals surface area contributed by atoms with Crippen LogP contribution in [0.3, 0.4) is 0 Å². The van der Waals surface area contributed by atoms with E-state index in [-0.39, 0.29) is 17.9 Å². The van der Waals surface area contributed by atoms with E-state index < -0.39 is 17.8 Å². The van der Waals surface area contributed by atoms with Crippen LogP contribution in [0.4, 0.5) is 10.5 Å². The number of amides is 4. The van der Waals surface area contributed by atoms with E-state index in [2.05, 4.69) is 21.2 Å². The molecular formula is C24H14BrCl3N2O4. The Kier molecular flexibility index (Phi) is 7.28. The van der Waals surface area contributed by atoms with E-state index in [1.165, 1.54) is 12.1 Å². The molecule has 0 saturated carbocycles. The number of hydrogen-bond acceptors (Lipinski definition) is 4. The van der Waals surface area contributed by atoms with Crippen LogP contribution in [0.25, 0.3) is 6.08 Å². The average Bonchev–Trinajstić information content (AvgIpc) is 2.77. The van der Waals surface area contributed by atoms with Crippen LogP contribution >= 0.6 is 50.7 Å². The summed E-state index contributed by atoms with van der Waals surface area (Å²) in [4.78, 5) is 39.0. The van der Waals surface area contributed by atoms with E-state index in [0.717, 1.165) is 4.90 Å². The van der Waals surface area contributed by atoms with Gasteiger partial charge in [-0.25, -0.2) is 9.69 Å². The third-order valence-corrected chi connectivity index (χ3v) is 6.15. The predicted molar refractivity (Wildman–Crippen MR) is 135 cm³/mol. The molecule has 1 heterocycles. The Morgan fingerprint density at radius 3 is 2.44 bits per heavy atom. The predicted octanol–water partition coefficient (Wildman–Crippen LogP) is 6.65. The van der Waals surface area contributed by atoms with Gasteiger partial charge >= 0.3 is 6.03 Å². The van der Waals surface area contributed by atoms with Gasteiger partial charge in [-0.3, -0.25) is 14.9 Å². The molecule has 0 radical (unpaired) electrons. The average molecular weight is 581 g/mol. The molecule has 0 aliphatic carbocycles. The molecule has 172 valence electrons. The lowest BCUT2D eigenvalue weighted by atomic mass is 10.1. The largest absolute Gasteiger partial charge is 0.488 e. The Labute approximate surface area is 218 Å². The Morgan fingerprint density at radius 2 is 1.71 bits per heavy atom. The van der Waals surface area contributed by atoms with E-state index in [4.69, 9.17) is 39.5 Å². The standard InChI is InChI=1S/C24H14BrCl3N2O4/c25-15-5-7-21(34-12-13-4-6-17(27)11-20(13)28)14(8-15)9-19-22(31)29-24(33)30(23(19)32)18-3-1-2-16(26)10-18/h1-11H,12H2,(H,29,31,33)/b19-9+. The van der Waals surface area contributed by atoms with E-state index in [1.807, 2.05) is 0 Å². The van der Waals surface area contributed by atoms with Crippen molar-refractivity contribution in [2.45, 2.75) is 6.61 Å². The summed E-state index contributed by atoms with van der Waals surface area (Å²) >= 11 is 21.6. The molecule has 0 unspecified atom stereocenters. The molecule has 0 spiro atoms. The number of halogens is 4. The molecule has 4 rings (SSSR count). The van der Waals surface area contributed by atoms with Crippen LogP contribution in [0.15, 0.2) is 70.7 Å². The number of barbiturate groups is 1. The molecule has 3 aromatic rings. The van der Waals surface area contributed by atoms with Crippen molar-refractivity contribution in [1.82, 2.24) is 5.32 Å². The first-order valence-electron chi connectivity index (χ1n) is 9.76. The van der Waals surface area contributed by atoms with Gasteiger partial charge in [0.15, 0.2) is 0 Å². The molecule has 1 aliphatic heterocycles. The molecule has 1 fully saturated rings. The van der Waals surface area contributed by atoms with Gasteiger partial charge in [-0.2, -0.15) is 0 Å². The van der Waals surface area contributed by atoms with Gasteiger partial charge < -0.3 is 4.74 Å². The molecular weight excluding hydrogens is 567 g/mol. The topological polar surface area (TPSA) is 75.7 Å². The van der Waals surface area contributed by atoms with Crippen molar-refractivity contribution in [1.29, 1.82) is 0 Å². The Bertz CT molecular complexity index is 1360. The van der Waals surface area contributed by atoms with Crippen LogP contribution in [0, 0.1) is 0 Å². The van der Waals surface area contributed by atoms with Gasteiger partial charge in [0.2, 0.25) is 0 Å². The maximum atomic E-state index is 13.2. The maximum absolute atomic E-state index is 13.2. The first-order valence-corrected chi connectivity index (χ1v) is 11.7. The highest BCUT2D eigenvalue weighted by atomic mass is 79.9. The van der Waals surface area contributed by atoms with E-state index >= 15 is 0 Å². The molecule has 3 aromatic carbocycles. The lowest BCUT2D eigenvalue weighted by molar-refractivity contribution is -0.122. The highest BCUT2D eigenvalue weighted by molar-refractivity contribution is 9.10. The monoisotopic (exact) mass is 578 g/mol. The SMILES string of the molecule is O=C1NC(=O)N(c2cccc(Cl)c2)C(=O)/C1=C/c1cc(Br)ccc1OCc1ccc(Cl)cc1Cl. The molecule has 1 saturated heterocycles. The molecule has 1 aliphatic rings. The number of rotatable bonds is 5. The molecule has 6 nitrogen and oxygen atoms in total. The van der Waals surface area contributed by atoms with Crippen molar-refractivity contribution in [3.8, 4) is 5.75 Å². The van der Waals surface area contributed by atoms with Crippen molar-refractivity contribution in [2.24, 2.45) is 0 Å². The van der Waals surface area contributed by atoms with Crippen LogP contribution in [0.2, 0.25) is 15.1 Å². The van der Waals surface area contributed by atoms with Gasteiger partial charge in [0.1, 0.15) is 17.9 Å². The first-order chi connectivity index (χ1) is 16.2. The Morgan fingerprint density at radius 1 is 0.941 bits per heavy atom. The third-order valence-electron chi connectivity index (χ3n) is 4.84. The van der Waals surface area contributed by atoms with Crippen LogP contribution < -0.4 is 15.0 Å². The number of ether oxygens (including phenoxy) is 1. The summed E-state index contributed by atoms with van der Waals surface area (Å²) in [5, 5.41) is 3.47. The Balaban J connectivity index is 1.68. The van der Waals surface area contributed by atoms with Crippen LogP contribution in [0.5, 0.6) is 5.75 Å². The van der Waals surface area contributed by atoms with Crippen molar-refractivity contribution >= 4 is 80.3 Å². The molecule has 1 N–H and O–H groups in total. The number of imide groups is 2. The van der Waals surface area contributed by atoms with E-state index in [0.29, 0.717) is 36.4 Å². The number of carbonyl (C=O) groups is 3. The molecule has 0 atom stereocenters. The molecule has 4 amide bonds. The second-order valence-corrected chi connectivity index (χ2v) is 9.34. The number of nitrogens with zero attached hydrogens (tertiary/aromatic N) is 1. The van der Waals surface area contributed by atoms with Crippen LogP contribution in [0.1, 0.15) is 11.1 Å². The van der Waals surface area contributed by atoms with Gasteiger partial charge in [0, 0.05) is 30.7 Å². The summed E-state index contributed by atoms with van der Waals surface area (Å²) in [7, 11) is 0.